The number of ether oxygens (including phenoxy) is 1. The van der Waals surface area contributed by atoms with Crippen LogP contribution < -0.4 is 16.0 Å². The van der Waals surface area contributed by atoms with Gasteiger partial charge >= 0.3 is 12.1 Å². The van der Waals surface area contributed by atoms with E-state index in [-0.39, 0.29) is 42.1 Å². The third-order valence-electron chi connectivity index (χ3n) is 5.49. The van der Waals surface area contributed by atoms with Gasteiger partial charge < -0.3 is 13.8 Å². The third-order valence-corrected chi connectivity index (χ3v) is 6.99. The zero-order valence-electron chi connectivity index (χ0n) is 19.3. The number of halogens is 5. The largest absolute Gasteiger partial charge is 0.573 e. The van der Waals surface area contributed by atoms with Crippen molar-refractivity contribution in [3.8, 4) is 17.1 Å². The molecule has 2 aromatic carbocycles. The van der Waals surface area contributed by atoms with Crippen LogP contribution in [0.25, 0.3) is 22.6 Å². The standard InChI is InChI=1S/C23H20ClF3IN4O4P/c1-30-20-18(21(33)31(22(30)34)10-3-11-35-37-28)32(13-14-6-8-16(24)9-7-14)19(29-20)15-4-2-5-17(12-15)36-23(25,26)27/h2,4-9,12,37H,3,10-11,13H2,1H3. The van der Waals surface area contributed by atoms with Crippen LogP contribution in [0.3, 0.4) is 0 Å². The van der Waals surface area contributed by atoms with Crippen molar-refractivity contribution in [2.45, 2.75) is 25.9 Å². The number of alkyl halides is 3. The number of fused-ring (bicyclic) bond motifs is 1. The molecule has 0 radical (unpaired) electrons. The maximum atomic E-state index is 13.6. The first-order valence-corrected chi connectivity index (χ1v) is 15.3. The minimum Gasteiger partial charge on any atom is -0.406 e. The number of hydrogen-bond acceptors (Lipinski definition) is 5. The summed E-state index contributed by atoms with van der Waals surface area (Å²) in [4.78, 5) is 31.1. The summed E-state index contributed by atoms with van der Waals surface area (Å²) in [6, 6.07) is 12.2. The van der Waals surface area contributed by atoms with E-state index in [4.69, 9.17) is 16.1 Å². The Kier molecular flexibility index (Phi) is 8.62. The van der Waals surface area contributed by atoms with Crippen LogP contribution in [0, 0.1) is 0 Å². The van der Waals surface area contributed by atoms with Crippen molar-refractivity contribution >= 4 is 51.3 Å². The normalized spacial score (nSPS) is 12.2. The number of hydrogen-bond donors (Lipinski definition) is 0. The molecule has 0 fully saturated rings. The Balaban J connectivity index is 1.92. The summed E-state index contributed by atoms with van der Waals surface area (Å²) in [5.41, 5.74) is 0.204. The first kappa shape index (κ1) is 27.6. The van der Waals surface area contributed by atoms with Gasteiger partial charge in [0.15, 0.2) is 11.2 Å². The van der Waals surface area contributed by atoms with Crippen molar-refractivity contribution < 1.29 is 22.4 Å². The smallest absolute Gasteiger partial charge is 0.406 e. The van der Waals surface area contributed by atoms with E-state index in [1.807, 2.05) is 0 Å². The molecule has 0 bridgehead atoms. The molecule has 0 saturated heterocycles. The molecule has 2 aromatic heterocycles. The molecular formula is C23H20ClF3IN4O4P. The molecule has 4 rings (SSSR count). The van der Waals surface area contributed by atoms with Crippen molar-refractivity contribution in [3.63, 3.8) is 0 Å². The highest BCUT2D eigenvalue weighted by atomic mass is 127. The van der Waals surface area contributed by atoms with Crippen LogP contribution in [-0.4, -0.2) is 31.7 Å². The molecular weight excluding hydrogens is 647 g/mol. The zero-order chi connectivity index (χ0) is 26.7. The Hall–Kier alpha value is -2.41. The third kappa shape index (κ3) is 6.36. The Bertz CT molecular complexity index is 1540. The van der Waals surface area contributed by atoms with Crippen LogP contribution in [-0.2, 0) is 24.7 Å². The second kappa shape index (κ2) is 11.5. The van der Waals surface area contributed by atoms with E-state index in [0.717, 1.165) is 10.1 Å². The fourth-order valence-electron chi connectivity index (χ4n) is 3.88. The average molecular weight is 667 g/mol. The van der Waals surface area contributed by atoms with Crippen LogP contribution in [0.4, 0.5) is 13.2 Å². The molecule has 0 amide bonds. The minimum absolute atomic E-state index is 0.113. The summed E-state index contributed by atoms with van der Waals surface area (Å²) >= 11 is 8.10. The Morgan fingerprint density at radius 2 is 1.84 bits per heavy atom. The van der Waals surface area contributed by atoms with Crippen molar-refractivity contribution in [1.29, 1.82) is 0 Å². The van der Waals surface area contributed by atoms with Crippen LogP contribution in [0.5, 0.6) is 5.75 Å². The SMILES string of the molecule is Cn1c(=O)n(CCCOPI)c(=O)c2c1nc(-c1cccc(OC(F)(F)F)c1)n2Cc1ccc(Cl)cc1. The fourth-order valence-corrected chi connectivity index (χ4v) is 4.89. The molecule has 0 N–H and O–H groups in total. The molecule has 0 saturated carbocycles. The van der Waals surface area contributed by atoms with Gasteiger partial charge in [-0.1, -0.05) is 35.9 Å². The van der Waals surface area contributed by atoms with Crippen LogP contribution >= 0.6 is 40.1 Å². The van der Waals surface area contributed by atoms with Crippen molar-refractivity contribution in [2.75, 3.05) is 6.61 Å². The van der Waals surface area contributed by atoms with Crippen molar-refractivity contribution in [3.05, 3.63) is 80.0 Å². The molecule has 0 aliphatic rings. The second-order valence-electron chi connectivity index (χ2n) is 7.97. The summed E-state index contributed by atoms with van der Waals surface area (Å²) in [7, 11) is 1.50. The molecule has 0 aliphatic carbocycles. The van der Waals surface area contributed by atoms with Gasteiger partial charge in [-0.25, -0.2) is 9.78 Å². The summed E-state index contributed by atoms with van der Waals surface area (Å²) in [5, 5.41) is 0.524. The number of aryl methyl sites for hydroxylation is 1. The van der Waals surface area contributed by atoms with Gasteiger partial charge in [0.1, 0.15) is 11.6 Å². The van der Waals surface area contributed by atoms with Gasteiger partial charge in [-0.05, 0) is 58.3 Å². The molecule has 14 heteroatoms. The first-order chi connectivity index (χ1) is 17.6. The summed E-state index contributed by atoms with van der Waals surface area (Å²) in [6.45, 7) is 0.936. The molecule has 0 aliphatic heterocycles. The zero-order valence-corrected chi connectivity index (χ0v) is 23.2. The number of rotatable bonds is 9. The van der Waals surface area contributed by atoms with Gasteiger partial charge in [-0.2, -0.15) is 0 Å². The number of imidazole rings is 1. The highest BCUT2D eigenvalue weighted by Gasteiger charge is 2.31. The van der Waals surface area contributed by atoms with Crippen LogP contribution in [0.1, 0.15) is 12.0 Å². The Morgan fingerprint density at radius 3 is 2.51 bits per heavy atom. The number of nitrogens with zero attached hydrogens (tertiary/aromatic N) is 4. The summed E-state index contributed by atoms with van der Waals surface area (Å²) < 4.78 is 51.9. The van der Waals surface area contributed by atoms with Gasteiger partial charge in [0.05, 0.1) is 13.1 Å². The van der Waals surface area contributed by atoms with E-state index in [1.165, 1.54) is 29.8 Å². The molecule has 37 heavy (non-hydrogen) atoms. The highest BCUT2D eigenvalue weighted by molar-refractivity contribution is 14.2. The van der Waals surface area contributed by atoms with Gasteiger partial charge in [-0.15, -0.1) is 13.2 Å². The summed E-state index contributed by atoms with van der Waals surface area (Å²) in [5.74, 6) is -0.228. The van der Waals surface area contributed by atoms with Crippen LogP contribution in [0.15, 0.2) is 58.1 Å². The van der Waals surface area contributed by atoms with E-state index in [9.17, 15) is 22.8 Å². The van der Waals surface area contributed by atoms with E-state index >= 15 is 0 Å². The average Bonchev–Trinajstić information content (AvgIpc) is 3.22. The minimum atomic E-state index is -4.87. The van der Waals surface area contributed by atoms with Crippen molar-refractivity contribution in [1.82, 2.24) is 18.7 Å². The fraction of sp³-hybridized carbons (Fsp3) is 0.261. The van der Waals surface area contributed by atoms with E-state index in [0.29, 0.717) is 18.1 Å². The van der Waals surface area contributed by atoms with Crippen LogP contribution in [0.2, 0.25) is 5.02 Å². The molecule has 2 heterocycles. The lowest BCUT2D eigenvalue weighted by Gasteiger charge is -2.13. The van der Waals surface area contributed by atoms with Gasteiger partial charge in [0.25, 0.3) is 5.56 Å². The van der Waals surface area contributed by atoms with Gasteiger partial charge in [0, 0.05) is 30.7 Å². The maximum Gasteiger partial charge on any atom is 0.573 e. The molecule has 1 unspecified atom stereocenters. The lowest BCUT2D eigenvalue weighted by molar-refractivity contribution is -0.274. The van der Waals surface area contributed by atoms with Crippen molar-refractivity contribution in [2.24, 2.45) is 7.05 Å². The van der Waals surface area contributed by atoms with Gasteiger partial charge in [-0.3, -0.25) is 13.9 Å². The van der Waals surface area contributed by atoms with E-state index in [2.05, 4.69) is 31.8 Å². The predicted octanol–water partition coefficient (Wildman–Crippen LogP) is 5.51. The topological polar surface area (TPSA) is 80.3 Å². The second-order valence-corrected chi connectivity index (χ2v) is 10.2. The quantitative estimate of drug-likeness (QED) is 0.134. The predicted molar refractivity (Wildman–Crippen MR) is 145 cm³/mol. The Morgan fingerprint density at radius 1 is 1.11 bits per heavy atom. The molecule has 196 valence electrons. The highest BCUT2D eigenvalue weighted by Crippen LogP contribution is 2.30. The molecule has 0 spiro atoms. The number of benzene rings is 2. The van der Waals surface area contributed by atoms with E-state index in [1.54, 1.807) is 34.9 Å². The first-order valence-electron chi connectivity index (χ1n) is 10.9. The number of aromatic nitrogens is 4. The van der Waals surface area contributed by atoms with Gasteiger partial charge in [0.2, 0.25) is 0 Å². The maximum absolute atomic E-state index is 13.6. The van der Waals surface area contributed by atoms with E-state index < -0.39 is 23.4 Å². The summed E-state index contributed by atoms with van der Waals surface area (Å²) in [6.07, 6.45) is -4.42. The lowest BCUT2D eigenvalue weighted by Crippen LogP contribution is -2.40. The molecule has 8 nitrogen and oxygen atoms in total. The molecule has 4 aromatic rings. The Labute approximate surface area is 228 Å². The monoisotopic (exact) mass is 666 g/mol. The molecule has 1 atom stereocenters. The lowest BCUT2D eigenvalue weighted by atomic mass is 10.2.